The molecule has 0 aliphatic heterocycles. The Kier molecular flexibility index (Phi) is 6.09. The van der Waals surface area contributed by atoms with Gasteiger partial charge in [0.1, 0.15) is 0 Å². The van der Waals surface area contributed by atoms with Crippen LogP contribution in [0.25, 0.3) is 0 Å². The fourth-order valence-corrected chi connectivity index (χ4v) is 2.46. The normalized spacial score (nSPS) is 24.9. The van der Waals surface area contributed by atoms with Crippen molar-refractivity contribution in [3.05, 3.63) is 0 Å². The lowest BCUT2D eigenvalue weighted by Gasteiger charge is -2.31. The van der Waals surface area contributed by atoms with Gasteiger partial charge in [-0.1, -0.05) is 12.8 Å². The van der Waals surface area contributed by atoms with Crippen LogP contribution in [-0.4, -0.2) is 37.2 Å². The highest BCUT2D eigenvalue weighted by Crippen LogP contribution is 2.20. The van der Waals surface area contributed by atoms with Gasteiger partial charge in [-0.05, 0) is 33.6 Å². The maximum absolute atomic E-state index is 11.7. The van der Waals surface area contributed by atoms with Gasteiger partial charge in [-0.15, -0.1) is 0 Å². The van der Waals surface area contributed by atoms with Gasteiger partial charge in [0.05, 0.1) is 6.10 Å². The second-order valence-corrected chi connectivity index (χ2v) is 6.17. The third-order valence-electron chi connectivity index (χ3n) is 3.28. The molecule has 0 aromatic heterocycles. The maximum Gasteiger partial charge on any atom is 0.221 e. The third-order valence-corrected chi connectivity index (χ3v) is 3.28. The van der Waals surface area contributed by atoms with Crippen LogP contribution in [0.4, 0.5) is 0 Å². The first-order valence-electron chi connectivity index (χ1n) is 6.99. The Hall–Kier alpha value is -0.610. The zero-order valence-corrected chi connectivity index (χ0v) is 12.2. The summed E-state index contributed by atoms with van der Waals surface area (Å²) in [6, 6.07) is 0.409. The van der Waals surface area contributed by atoms with E-state index in [2.05, 4.69) is 10.6 Å². The van der Waals surface area contributed by atoms with Gasteiger partial charge in [0.2, 0.25) is 5.91 Å². The number of rotatable bonds is 5. The van der Waals surface area contributed by atoms with Crippen LogP contribution in [0.3, 0.4) is 0 Å². The molecule has 106 valence electrons. The lowest BCUT2D eigenvalue weighted by Crippen LogP contribution is -2.46. The molecule has 1 fully saturated rings. The molecule has 4 heteroatoms. The van der Waals surface area contributed by atoms with Crippen LogP contribution < -0.4 is 10.6 Å². The highest BCUT2D eigenvalue weighted by molar-refractivity contribution is 5.76. The number of nitrogens with one attached hydrogen (secondary N) is 2. The van der Waals surface area contributed by atoms with Gasteiger partial charge in [-0.25, -0.2) is 0 Å². The Morgan fingerprint density at radius 2 is 1.94 bits per heavy atom. The number of amides is 1. The largest absolute Gasteiger partial charge is 0.380 e. The molecular formula is C14H28N2O2. The quantitative estimate of drug-likeness (QED) is 0.789. The van der Waals surface area contributed by atoms with E-state index in [1.54, 1.807) is 7.11 Å². The summed E-state index contributed by atoms with van der Waals surface area (Å²) in [5.74, 6) is 0.111. The molecule has 2 N–H and O–H groups in total. The highest BCUT2D eigenvalue weighted by Gasteiger charge is 2.24. The Morgan fingerprint density at radius 1 is 1.28 bits per heavy atom. The van der Waals surface area contributed by atoms with Crippen molar-refractivity contribution in [2.75, 3.05) is 13.7 Å². The molecule has 1 aliphatic rings. The van der Waals surface area contributed by atoms with E-state index in [0.717, 1.165) is 19.4 Å². The van der Waals surface area contributed by atoms with Crippen molar-refractivity contribution in [3.63, 3.8) is 0 Å². The Morgan fingerprint density at radius 3 is 2.56 bits per heavy atom. The second kappa shape index (κ2) is 7.10. The van der Waals surface area contributed by atoms with Gasteiger partial charge in [-0.2, -0.15) is 0 Å². The van der Waals surface area contributed by atoms with E-state index < -0.39 is 0 Å². The van der Waals surface area contributed by atoms with Crippen LogP contribution in [0.2, 0.25) is 0 Å². The van der Waals surface area contributed by atoms with E-state index in [1.807, 2.05) is 20.8 Å². The van der Waals surface area contributed by atoms with Gasteiger partial charge in [-0.3, -0.25) is 4.79 Å². The van der Waals surface area contributed by atoms with Crippen molar-refractivity contribution >= 4 is 5.91 Å². The van der Waals surface area contributed by atoms with E-state index in [0.29, 0.717) is 18.6 Å². The number of hydrogen-bond donors (Lipinski definition) is 2. The topological polar surface area (TPSA) is 50.4 Å². The summed E-state index contributed by atoms with van der Waals surface area (Å²) in [5.41, 5.74) is -0.142. The lowest BCUT2D eigenvalue weighted by atomic mass is 9.92. The summed E-state index contributed by atoms with van der Waals surface area (Å²) in [5, 5.41) is 6.43. The Balaban J connectivity index is 2.22. The van der Waals surface area contributed by atoms with E-state index >= 15 is 0 Å². The molecule has 0 bridgehead atoms. The van der Waals surface area contributed by atoms with Crippen molar-refractivity contribution in [2.24, 2.45) is 0 Å². The van der Waals surface area contributed by atoms with E-state index in [1.165, 1.54) is 12.8 Å². The number of carbonyl (C=O) groups excluding carboxylic acids is 1. The molecule has 1 aliphatic carbocycles. The molecule has 4 nitrogen and oxygen atoms in total. The molecule has 0 spiro atoms. The summed E-state index contributed by atoms with van der Waals surface area (Å²) in [7, 11) is 1.77. The van der Waals surface area contributed by atoms with E-state index in [-0.39, 0.29) is 11.4 Å². The third kappa shape index (κ3) is 5.83. The molecule has 0 aromatic carbocycles. The monoisotopic (exact) mass is 256 g/mol. The molecule has 1 rings (SSSR count). The van der Waals surface area contributed by atoms with Crippen molar-refractivity contribution in [2.45, 2.75) is 70.6 Å². The molecule has 0 saturated heterocycles. The maximum atomic E-state index is 11.7. The van der Waals surface area contributed by atoms with Crippen LogP contribution in [0, 0.1) is 0 Å². The Bertz CT molecular complexity index is 261. The average Bonchev–Trinajstić information content (AvgIpc) is 2.27. The predicted molar refractivity (Wildman–Crippen MR) is 73.6 cm³/mol. The fourth-order valence-electron chi connectivity index (χ4n) is 2.46. The standard InChI is InChI=1S/C14H28N2O2/c1-14(2,3)16-13(17)9-10-15-11-7-5-6-8-12(11)18-4/h11-12,15H,5-10H2,1-4H3,(H,16,17). The first-order valence-corrected chi connectivity index (χ1v) is 6.99. The first kappa shape index (κ1) is 15.4. The molecule has 2 atom stereocenters. The Labute approximate surface area is 111 Å². The zero-order valence-electron chi connectivity index (χ0n) is 12.2. The summed E-state index contributed by atoms with van der Waals surface area (Å²) in [6.07, 6.45) is 5.63. The van der Waals surface area contributed by atoms with Crippen LogP contribution in [-0.2, 0) is 9.53 Å². The molecule has 0 heterocycles. The van der Waals surface area contributed by atoms with Gasteiger partial charge in [0.25, 0.3) is 0 Å². The molecule has 1 amide bonds. The molecule has 18 heavy (non-hydrogen) atoms. The summed E-state index contributed by atoms with van der Waals surface area (Å²) in [4.78, 5) is 11.7. The van der Waals surface area contributed by atoms with Gasteiger partial charge >= 0.3 is 0 Å². The van der Waals surface area contributed by atoms with Crippen LogP contribution >= 0.6 is 0 Å². The second-order valence-electron chi connectivity index (χ2n) is 6.17. The van der Waals surface area contributed by atoms with Gasteiger partial charge in [0.15, 0.2) is 0 Å². The predicted octanol–water partition coefficient (Wildman–Crippen LogP) is 1.84. The van der Waals surface area contributed by atoms with Crippen molar-refractivity contribution in [3.8, 4) is 0 Å². The fraction of sp³-hybridized carbons (Fsp3) is 0.929. The highest BCUT2D eigenvalue weighted by atomic mass is 16.5. The van der Waals surface area contributed by atoms with Crippen molar-refractivity contribution in [1.29, 1.82) is 0 Å². The number of methoxy groups -OCH3 is 1. The SMILES string of the molecule is COC1CCCCC1NCCC(=O)NC(C)(C)C. The van der Waals surface area contributed by atoms with Crippen molar-refractivity contribution < 1.29 is 9.53 Å². The average molecular weight is 256 g/mol. The molecule has 2 unspecified atom stereocenters. The molecule has 1 saturated carbocycles. The zero-order chi connectivity index (χ0) is 13.6. The molecular weight excluding hydrogens is 228 g/mol. The minimum atomic E-state index is -0.142. The molecule has 0 aromatic rings. The smallest absolute Gasteiger partial charge is 0.221 e. The summed E-state index contributed by atoms with van der Waals surface area (Å²) < 4.78 is 5.48. The summed E-state index contributed by atoms with van der Waals surface area (Å²) >= 11 is 0. The minimum Gasteiger partial charge on any atom is -0.380 e. The summed E-state index contributed by atoms with van der Waals surface area (Å²) in [6.45, 7) is 6.73. The van der Waals surface area contributed by atoms with Gasteiger partial charge < -0.3 is 15.4 Å². The van der Waals surface area contributed by atoms with Crippen molar-refractivity contribution in [1.82, 2.24) is 10.6 Å². The first-order chi connectivity index (χ1) is 8.42. The minimum absolute atomic E-state index is 0.111. The van der Waals surface area contributed by atoms with Crippen LogP contribution in [0.5, 0.6) is 0 Å². The number of carbonyl (C=O) groups is 1. The van der Waals surface area contributed by atoms with Crippen LogP contribution in [0.15, 0.2) is 0 Å². The number of ether oxygens (including phenoxy) is 1. The van der Waals surface area contributed by atoms with Crippen LogP contribution in [0.1, 0.15) is 52.9 Å². The molecule has 0 radical (unpaired) electrons. The lowest BCUT2D eigenvalue weighted by molar-refractivity contribution is -0.122. The van der Waals surface area contributed by atoms with E-state index in [9.17, 15) is 4.79 Å². The van der Waals surface area contributed by atoms with E-state index in [4.69, 9.17) is 4.74 Å². The van der Waals surface area contributed by atoms with Gasteiger partial charge in [0, 0.05) is 31.7 Å². The number of hydrogen-bond acceptors (Lipinski definition) is 3.